The lowest BCUT2D eigenvalue weighted by Crippen LogP contribution is -2.32. The van der Waals surface area contributed by atoms with E-state index in [1.54, 1.807) is 48.7 Å². The van der Waals surface area contributed by atoms with Crippen molar-refractivity contribution in [2.24, 2.45) is 0 Å². The number of rotatable bonds is 6. The highest BCUT2D eigenvalue weighted by atomic mass is 35.5. The minimum absolute atomic E-state index is 0.0209. The molecule has 162 valence electrons. The van der Waals surface area contributed by atoms with Crippen molar-refractivity contribution in [2.45, 2.75) is 18.9 Å². The Morgan fingerprint density at radius 2 is 2.16 bits per heavy atom. The standard InChI is InChI=1S/C23H19ClN4O4/c24-16-6-8-17(9-7-16)32-22-19(23(30)28-10-2-1-5-20(28)27-22)12-15(13-25)21(29)26-14-18-4-3-11-31-18/h1-2,5-10,12,18H,3-4,11,14H2,(H,26,29)/b15-12+/t18-/m0/s1. The van der Waals surface area contributed by atoms with Crippen LogP contribution in [0.1, 0.15) is 18.4 Å². The van der Waals surface area contributed by atoms with Gasteiger partial charge in [0, 0.05) is 24.4 Å². The van der Waals surface area contributed by atoms with Crippen LogP contribution in [0.5, 0.6) is 11.6 Å². The van der Waals surface area contributed by atoms with Crippen LogP contribution in [0.15, 0.2) is 59.0 Å². The monoisotopic (exact) mass is 450 g/mol. The van der Waals surface area contributed by atoms with Gasteiger partial charge in [0.2, 0.25) is 5.88 Å². The Labute approximate surface area is 188 Å². The maximum Gasteiger partial charge on any atom is 0.269 e. The first-order valence-electron chi connectivity index (χ1n) is 10.0. The first-order valence-corrected chi connectivity index (χ1v) is 10.4. The Kier molecular flexibility index (Phi) is 6.50. The number of carbonyl (C=O) groups is 1. The number of aromatic nitrogens is 2. The van der Waals surface area contributed by atoms with Gasteiger partial charge in [0.25, 0.3) is 11.5 Å². The average molecular weight is 451 g/mol. The lowest BCUT2D eigenvalue weighted by atomic mass is 10.1. The quantitative estimate of drug-likeness (QED) is 0.456. The molecule has 1 fully saturated rings. The fourth-order valence-corrected chi connectivity index (χ4v) is 3.42. The zero-order valence-electron chi connectivity index (χ0n) is 17.0. The van der Waals surface area contributed by atoms with E-state index in [2.05, 4.69) is 10.3 Å². The fraction of sp³-hybridized carbons (Fsp3) is 0.217. The number of nitriles is 1. The van der Waals surface area contributed by atoms with E-state index in [-0.39, 0.29) is 23.1 Å². The summed E-state index contributed by atoms with van der Waals surface area (Å²) in [5.74, 6) is -0.223. The van der Waals surface area contributed by atoms with Crippen molar-refractivity contribution < 1.29 is 14.3 Å². The molecule has 8 nitrogen and oxygen atoms in total. The largest absolute Gasteiger partial charge is 0.438 e. The number of hydrogen-bond acceptors (Lipinski definition) is 6. The summed E-state index contributed by atoms with van der Waals surface area (Å²) >= 11 is 5.93. The second-order valence-electron chi connectivity index (χ2n) is 7.14. The molecule has 1 atom stereocenters. The van der Waals surface area contributed by atoms with Crippen LogP contribution in [0.2, 0.25) is 5.02 Å². The number of pyridine rings is 1. The molecule has 0 unspecified atom stereocenters. The number of hydrogen-bond donors (Lipinski definition) is 1. The summed E-state index contributed by atoms with van der Waals surface area (Å²) in [5.41, 5.74) is -0.370. The number of ether oxygens (including phenoxy) is 2. The molecule has 0 bridgehead atoms. The van der Waals surface area contributed by atoms with Gasteiger partial charge in [-0.3, -0.25) is 14.0 Å². The molecule has 4 rings (SSSR count). The molecule has 32 heavy (non-hydrogen) atoms. The van der Waals surface area contributed by atoms with Crippen LogP contribution in [0.3, 0.4) is 0 Å². The first kappa shape index (κ1) is 21.6. The van der Waals surface area contributed by atoms with Gasteiger partial charge in [0.05, 0.1) is 6.10 Å². The maximum absolute atomic E-state index is 13.2. The van der Waals surface area contributed by atoms with Crippen LogP contribution >= 0.6 is 11.6 Å². The SMILES string of the molecule is N#C/C(=C\c1c(Oc2ccc(Cl)cc2)nc2ccccn2c1=O)C(=O)NC[C@@H]1CCCO1. The lowest BCUT2D eigenvalue weighted by Gasteiger charge is -2.11. The zero-order chi connectivity index (χ0) is 22.5. The van der Waals surface area contributed by atoms with E-state index < -0.39 is 11.5 Å². The molecule has 1 saturated heterocycles. The summed E-state index contributed by atoms with van der Waals surface area (Å²) in [5, 5.41) is 12.8. The van der Waals surface area contributed by atoms with Crippen LogP contribution in [0, 0.1) is 11.3 Å². The minimum Gasteiger partial charge on any atom is -0.438 e. The van der Waals surface area contributed by atoms with Crippen molar-refractivity contribution >= 4 is 29.2 Å². The number of nitrogens with one attached hydrogen (secondary N) is 1. The van der Waals surface area contributed by atoms with E-state index in [1.807, 2.05) is 6.07 Å². The molecule has 1 N–H and O–H groups in total. The molecular formula is C23H19ClN4O4. The van der Waals surface area contributed by atoms with Crippen molar-refractivity contribution in [1.82, 2.24) is 14.7 Å². The van der Waals surface area contributed by atoms with Crippen LogP contribution in [0.25, 0.3) is 11.7 Å². The number of benzene rings is 1. The molecule has 0 radical (unpaired) electrons. The van der Waals surface area contributed by atoms with Gasteiger partial charge in [-0.2, -0.15) is 10.2 Å². The van der Waals surface area contributed by atoms with E-state index >= 15 is 0 Å². The highest BCUT2D eigenvalue weighted by Crippen LogP contribution is 2.25. The van der Waals surface area contributed by atoms with Crippen LogP contribution in [-0.2, 0) is 9.53 Å². The summed E-state index contributed by atoms with van der Waals surface area (Å²) in [7, 11) is 0. The zero-order valence-corrected chi connectivity index (χ0v) is 17.7. The topological polar surface area (TPSA) is 106 Å². The van der Waals surface area contributed by atoms with Gasteiger partial charge in [0.1, 0.15) is 28.6 Å². The van der Waals surface area contributed by atoms with Gasteiger partial charge in [-0.15, -0.1) is 0 Å². The predicted molar refractivity (Wildman–Crippen MR) is 119 cm³/mol. The van der Waals surface area contributed by atoms with E-state index in [1.165, 1.54) is 10.5 Å². The van der Waals surface area contributed by atoms with Crippen molar-refractivity contribution in [3.8, 4) is 17.7 Å². The van der Waals surface area contributed by atoms with Crippen LogP contribution in [0.4, 0.5) is 0 Å². The first-order chi connectivity index (χ1) is 15.5. The molecule has 1 amide bonds. The summed E-state index contributed by atoms with van der Waals surface area (Å²) in [6.07, 6.45) is 4.46. The maximum atomic E-state index is 13.2. The van der Waals surface area contributed by atoms with Crippen molar-refractivity contribution in [3.63, 3.8) is 0 Å². The molecule has 1 aromatic carbocycles. The highest BCUT2D eigenvalue weighted by Gasteiger charge is 2.20. The average Bonchev–Trinajstić information content (AvgIpc) is 3.33. The third kappa shape index (κ3) is 4.80. The fourth-order valence-electron chi connectivity index (χ4n) is 3.30. The number of amides is 1. The van der Waals surface area contributed by atoms with E-state index in [9.17, 15) is 14.9 Å². The Morgan fingerprint density at radius 3 is 2.88 bits per heavy atom. The Balaban J connectivity index is 1.72. The van der Waals surface area contributed by atoms with E-state index in [0.717, 1.165) is 12.8 Å². The van der Waals surface area contributed by atoms with Crippen molar-refractivity contribution in [3.05, 3.63) is 75.2 Å². The van der Waals surface area contributed by atoms with Crippen molar-refractivity contribution in [2.75, 3.05) is 13.2 Å². The van der Waals surface area contributed by atoms with Crippen LogP contribution < -0.4 is 15.6 Å². The second kappa shape index (κ2) is 9.64. The lowest BCUT2D eigenvalue weighted by molar-refractivity contribution is -0.117. The highest BCUT2D eigenvalue weighted by molar-refractivity contribution is 6.30. The molecule has 3 heterocycles. The van der Waals surface area contributed by atoms with E-state index in [0.29, 0.717) is 29.6 Å². The van der Waals surface area contributed by atoms with Gasteiger partial charge < -0.3 is 14.8 Å². The van der Waals surface area contributed by atoms with Gasteiger partial charge in [0.15, 0.2) is 0 Å². The number of nitrogens with zero attached hydrogens (tertiary/aromatic N) is 3. The Bertz CT molecular complexity index is 1270. The van der Waals surface area contributed by atoms with Gasteiger partial charge in [-0.25, -0.2) is 0 Å². The van der Waals surface area contributed by atoms with Gasteiger partial charge in [-0.05, 0) is 55.3 Å². The third-order valence-electron chi connectivity index (χ3n) is 4.93. The molecule has 2 aromatic heterocycles. The molecule has 0 aliphatic carbocycles. The summed E-state index contributed by atoms with van der Waals surface area (Å²) in [6.45, 7) is 0.952. The molecular weight excluding hydrogens is 432 g/mol. The molecule has 1 aliphatic heterocycles. The molecule has 0 spiro atoms. The normalized spacial score (nSPS) is 16.0. The number of fused-ring (bicyclic) bond motifs is 1. The van der Waals surface area contributed by atoms with Crippen LogP contribution in [-0.4, -0.2) is 34.5 Å². The van der Waals surface area contributed by atoms with Crippen molar-refractivity contribution in [1.29, 1.82) is 5.26 Å². The third-order valence-corrected chi connectivity index (χ3v) is 5.18. The molecule has 1 aliphatic rings. The smallest absolute Gasteiger partial charge is 0.269 e. The minimum atomic E-state index is -0.599. The van der Waals surface area contributed by atoms with E-state index in [4.69, 9.17) is 21.1 Å². The molecule has 0 saturated carbocycles. The predicted octanol–water partition coefficient (Wildman–Crippen LogP) is 3.34. The van der Waals surface area contributed by atoms with Gasteiger partial charge >= 0.3 is 0 Å². The summed E-state index contributed by atoms with van der Waals surface area (Å²) in [4.78, 5) is 30.1. The van der Waals surface area contributed by atoms with Gasteiger partial charge in [-0.1, -0.05) is 17.7 Å². The molecule has 9 heteroatoms. The molecule has 3 aromatic rings. The Hall–Kier alpha value is -3.67. The number of carbonyl (C=O) groups excluding carboxylic acids is 1. The second-order valence-corrected chi connectivity index (χ2v) is 7.57. The Morgan fingerprint density at radius 1 is 1.34 bits per heavy atom. The summed E-state index contributed by atoms with van der Waals surface area (Å²) in [6, 6.07) is 13.5. The number of halogens is 1. The summed E-state index contributed by atoms with van der Waals surface area (Å²) < 4.78 is 12.6.